The summed E-state index contributed by atoms with van der Waals surface area (Å²) in [5.41, 5.74) is 4.69. The van der Waals surface area contributed by atoms with Crippen molar-refractivity contribution in [2.24, 2.45) is 27.6 Å². The van der Waals surface area contributed by atoms with Crippen molar-refractivity contribution in [2.45, 2.75) is 146 Å². The molecular formula is C43H71N13O5. The molecular weight excluding hydrogens is 779 g/mol. The number of guanidine groups is 2. The van der Waals surface area contributed by atoms with Crippen LogP contribution >= 0.6 is 0 Å². The van der Waals surface area contributed by atoms with Crippen molar-refractivity contribution in [1.29, 1.82) is 10.5 Å². The quantitative estimate of drug-likeness (QED) is 0.141. The van der Waals surface area contributed by atoms with E-state index >= 15 is 0 Å². The highest BCUT2D eigenvalue weighted by molar-refractivity contribution is 5.96. The van der Waals surface area contributed by atoms with Crippen LogP contribution in [0.25, 0.3) is 0 Å². The van der Waals surface area contributed by atoms with Gasteiger partial charge in [-0.25, -0.2) is 14.8 Å². The van der Waals surface area contributed by atoms with E-state index in [-0.39, 0.29) is 67.7 Å². The standard InChI is InChI=1S/C43H71N13O5/c1-5-61-41(60)50-40(48-35(27-33-14-10-7-11-15-33)38(59)52-43(30-45)18-22-54(4)23-19-43)56-25-24-55(31(2)57)28-36(56)49-39(46)47-34(26-32-12-8-6-9-13-32)37(58)51-42(29-44)16-20-53(3)21-17-42/h32-36H,5-28H2,1-4H3,(H,51,58)(H,52,59)(H3,46,47,49)(H,48,50,60)/t34-,35-,36?/m0/s1. The fourth-order valence-corrected chi connectivity index (χ4v) is 9.49. The average molecular weight is 850 g/mol. The number of rotatable bonds is 12. The maximum Gasteiger partial charge on any atom is 0.413 e. The number of hydrogen-bond acceptors (Lipinski definition) is 11. The molecule has 0 aromatic rings. The molecule has 6 N–H and O–H groups in total. The fraction of sp³-hybridized carbons (Fsp3) is 0.814. The molecule has 3 atom stereocenters. The minimum atomic E-state index is -1.04. The van der Waals surface area contributed by atoms with Crippen molar-refractivity contribution < 1.29 is 23.9 Å². The first kappa shape index (κ1) is 47.4. The molecule has 0 spiro atoms. The van der Waals surface area contributed by atoms with E-state index in [4.69, 9.17) is 20.5 Å². The molecule has 3 heterocycles. The third-order valence-corrected chi connectivity index (χ3v) is 13.5. The molecule has 3 aliphatic heterocycles. The smallest absolute Gasteiger partial charge is 0.413 e. The van der Waals surface area contributed by atoms with Gasteiger partial charge in [0.05, 0.1) is 25.3 Å². The number of carbonyl (C=O) groups excluding carboxylic acids is 4. The van der Waals surface area contributed by atoms with Gasteiger partial charge in [-0.1, -0.05) is 64.2 Å². The van der Waals surface area contributed by atoms with Gasteiger partial charge < -0.3 is 46.0 Å². The monoisotopic (exact) mass is 850 g/mol. The zero-order valence-electron chi connectivity index (χ0n) is 37.1. The second kappa shape index (κ2) is 22.4. The summed E-state index contributed by atoms with van der Waals surface area (Å²) in [5, 5.41) is 32.7. The summed E-state index contributed by atoms with van der Waals surface area (Å²) in [6.07, 6.45) is 11.7. The molecule has 18 nitrogen and oxygen atoms in total. The summed E-state index contributed by atoms with van der Waals surface area (Å²) < 4.78 is 5.32. The lowest BCUT2D eigenvalue weighted by molar-refractivity contribution is -0.131. The van der Waals surface area contributed by atoms with Crippen molar-refractivity contribution in [1.82, 2.24) is 40.9 Å². The number of nitriles is 2. The largest absolute Gasteiger partial charge is 0.450 e. The predicted octanol–water partition coefficient (Wildman–Crippen LogP) is 2.37. The molecule has 18 heteroatoms. The number of nitrogens with one attached hydrogen (secondary N) is 4. The Kier molecular flexibility index (Phi) is 17.4. The van der Waals surface area contributed by atoms with Crippen LogP contribution in [0, 0.1) is 34.5 Å². The summed E-state index contributed by atoms with van der Waals surface area (Å²) in [7, 11) is 3.99. The summed E-state index contributed by atoms with van der Waals surface area (Å²) in [6, 6.07) is 3.04. The number of nitrogens with two attached hydrogens (primary N) is 1. The Balaban J connectivity index is 1.48. The molecule has 338 valence electrons. The van der Waals surface area contributed by atoms with Crippen LogP contribution in [0.2, 0.25) is 0 Å². The van der Waals surface area contributed by atoms with E-state index in [0.29, 0.717) is 64.7 Å². The van der Waals surface area contributed by atoms with Crippen LogP contribution in [0.15, 0.2) is 9.98 Å². The highest BCUT2D eigenvalue weighted by atomic mass is 16.5. The molecule has 2 aliphatic carbocycles. The lowest BCUT2D eigenvalue weighted by Gasteiger charge is -2.41. The Morgan fingerprint density at radius 3 is 1.82 bits per heavy atom. The van der Waals surface area contributed by atoms with Gasteiger partial charge >= 0.3 is 6.09 Å². The summed E-state index contributed by atoms with van der Waals surface area (Å²) >= 11 is 0. The Labute approximate surface area is 362 Å². The number of ether oxygens (including phenoxy) is 1. The van der Waals surface area contributed by atoms with Gasteiger partial charge in [0.15, 0.2) is 5.96 Å². The summed E-state index contributed by atoms with van der Waals surface area (Å²) in [5.74, 6) is -0.374. The Bertz CT molecular complexity index is 1650. The van der Waals surface area contributed by atoms with Crippen molar-refractivity contribution in [3.8, 4) is 12.1 Å². The molecule has 3 saturated heterocycles. The second-order valence-electron chi connectivity index (χ2n) is 18.1. The number of amides is 4. The first-order valence-corrected chi connectivity index (χ1v) is 22.7. The minimum Gasteiger partial charge on any atom is -0.450 e. The molecule has 1 unspecified atom stereocenters. The highest BCUT2D eigenvalue weighted by Gasteiger charge is 2.40. The van der Waals surface area contributed by atoms with Gasteiger partial charge in [-0.05, 0) is 71.4 Å². The predicted molar refractivity (Wildman–Crippen MR) is 231 cm³/mol. The van der Waals surface area contributed by atoms with Crippen molar-refractivity contribution >= 4 is 35.7 Å². The number of piperazine rings is 1. The number of alkyl carbamates (subject to hydrolysis) is 1. The van der Waals surface area contributed by atoms with Crippen LogP contribution in [-0.4, -0.2) is 151 Å². The van der Waals surface area contributed by atoms with Gasteiger partial charge in [0.1, 0.15) is 29.3 Å². The zero-order valence-corrected chi connectivity index (χ0v) is 37.1. The molecule has 0 bridgehead atoms. The summed E-state index contributed by atoms with van der Waals surface area (Å²) in [4.78, 5) is 72.1. The third-order valence-electron chi connectivity index (χ3n) is 13.5. The number of nitrogens with zero attached hydrogens (tertiary/aromatic N) is 8. The molecule has 61 heavy (non-hydrogen) atoms. The molecule has 0 aromatic heterocycles. The van der Waals surface area contributed by atoms with E-state index in [9.17, 15) is 29.7 Å². The van der Waals surface area contributed by atoms with Crippen LogP contribution in [-0.2, 0) is 19.1 Å². The van der Waals surface area contributed by atoms with Crippen LogP contribution in [0.1, 0.15) is 117 Å². The van der Waals surface area contributed by atoms with E-state index in [1.807, 2.05) is 14.1 Å². The van der Waals surface area contributed by atoms with Gasteiger partial charge in [-0.15, -0.1) is 0 Å². The van der Waals surface area contributed by atoms with Crippen LogP contribution in [0.5, 0.6) is 0 Å². The topological polar surface area (TPSA) is 237 Å². The van der Waals surface area contributed by atoms with Gasteiger partial charge in [0, 0.05) is 46.2 Å². The molecule has 4 amide bonds. The minimum absolute atomic E-state index is 0.0447. The van der Waals surface area contributed by atoms with Gasteiger partial charge in [-0.2, -0.15) is 10.5 Å². The molecule has 5 rings (SSSR count). The van der Waals surface area contributed by atoms with Crippen molar-refractivity contribution in [3.05, 3.63) is 0 Å². The van der Waals surface area contributed by atoms with Crippen molar-refractivity contribution in [3.63, 3.8) is 0 Å². The number of likely N-dealkylation sites (tertiary alicyclic amines) is 2. The molecule has 0 radical (unpaired) electrons. The van der Waals surface area contributed by atoms with Gasteiger partial charge in [-0.3, -0.25) is 19.7 Å². The van der Waals surface area contributed by atoms with Crippen molar-refractivity contribution in [2.75, 3.05) is 66.5 Å². The lowest BCUT2D eigenvalue weighted by atomic mass is 9.84. The number of piperidine rings is 2. The molecule has 2 saturated carbocycles. The van der Waals surface area contributed by atoms with Crippen LogP contribution in [0.3, 0.4) is 0 Å². The van der Waals surface area contributed by atoms with Crippen LogP contribution < -0.4 is 27.0 Å². The average Bonchev–Trinajstić information content (AvgIpc) is 3.25. The zero-order chi connectivity index (χ0) is 44.0. The normalized spacial score (nSPS) is 24.3. The number of carbonyl (C=O) groups is 4. The first-order chi connectivity index (χ1) is 29.3. The first-order valence-electron chi connectivity index (χ1n) is 22.7. The van der Waals surface area contributed by atoms with E-state index in [0.717, 1.165) is 64.2 Å². The molecule has 0 aromatic carbocycles. The lowest BCUT2D eigenvalue weighted by Crippen LogP contribution is -2.61. The van der Waals surface area contributed by atoms with E-state index < -0.39 is 35.4 Å². The number of aliphatic imine (C=N–C) groups is 2. The second-order valence-corrected chi connectivity index (χ2v) is 18.1. The highest BCUT2D eigenvalue weighted by Crippen LogP contribution is 2.31. The van der Waals surface area contributed by atoms with Gasteiger partial charge in [0.25, 0.3) is 0 Å². The summed E-state index contributed by atoms with van der Waals surface area (Å²) in [6.45, 7) is 6.50. The fourth-order valence-electron chi connectivity index (χ4n) is 9.49. The Morgan fingerprint density at radius 2 is 1.31 bits per heavy atom. The molecule has 5 fully saturated rings. The van der Waals surface area contributed by atoms with E-state index in [1.165, 1.54) is 6.92 Å². The maximum absolute atomic E-state index is 14.4. The van der Waals surface area contributed by atoms with E-state index in [1.54, 1.807) is 16.7 Å². The van der Waals surface area contributed by atoms with Crippen LogP contribution in [0.4, 0.5) is 4.79 Å². The van der Waals surface area contributed by atoms with E-state index in [2.05, 4.69) is 43.2 Å². The SMILES string of the molecule is CCOC(=O)NC(=N[C@@H](CC1CCCCC1)C(=O)NC1(C#N)CCN(C)CC1)N1CCN(C(C)=O)CC1N=C(N)N[C@@H](CC1CCCCC1)C(=O)NC1(C#N)CCN(C)CC1. The Morgan fingerprint density at radius 1 is 0.787 bits per heavy atom. The van der Waals surface area contributed by atoms with Gasteiger partial charge in [0.2, 0.25) is 23.7 Å². The third kappa shape index (κ3) is 13.7. The molecule has 5 aliphatic rings. The Hall–Kier alpha value is -4.68. The number of hydrogen-bond donors (Lipinski definition) is 5. The maximum atomic E-state index is 14.4.